The van der Waals surface area contributed by atoms with Crippen molar-refractivity contribution in [3.63, 3.8) is 0 Å². The molecular weight excluding hydrogens is 498 g/mol. The molecule has 4 rings (SSSR count). The fourth-order valence-electron chi connectivity index (χ4n) is 3.09. The number of furan rings is 1. The Kier molecular flexibility index (Phi) is 6.72. The standard InChI is InChI=1S/C23H14ClF4NO4S/c24-18-7-1-13(11-17(18)23(26,27)28)19-8-6-16(33-19)12-20-21(30)29(22(31)34-20)9-10-32-15-4-2-14(25)3-5-15/h1-8,11-12H,9-10H2/b20-12-. The van der Waals surface area contributed by atoms with Crippen LogP contribution in [-0.2, 0) is 11.0 Å². The molecule has 2 heterocycles. The van der Waals surface area contributed by atoms with Crippen molar-refractivity contribution in [2.24, 2.45) is 0 Å². The number of thioether (sulfide) groups is 1. The SMILES string of the molecule is O=C1S/C(=C\c2ccc(-c3ccc(Cl)c(C(F)(F)F)c3)o2)C(=O)N1CCOc1ccc(F)cc1. The molecule has 176 valence electrons. The Labute approximate surface area is 199 Å². The van der Waals surface area contributed by atoms with Crippen LogP contribution in [0.15, 0.2) is 63.9 Å². The fourth-order valence-corrected chi connectivity index (χ4v) is 4.16. The highest BCUT2D eigenvalue weighted by atomic mass is 35.5. The zero-order valence-electron chi connectivity index (χ0n) is 17.1. The number of carbonyl (C=O) groups is 2. The molecule has 0 saturated carbocycles. The Morgan fingerprint density at radius 2 is 1.79 bits per heavy atom. The summed E-state index contributed by atoms with van der Waals surface area (Å²) in [5, 5.41) is -0.932. The van der Waals surface area contributed by atoms with Gasteiger partial charge in [-0.1, -0.05) is 11.6 Å². The maximum absolute atomic E-state index is 13.1. The molecule has 0 unspecified atom stereocenters. The van der Waals surface area contributed by atoms with Gasteiger partial charge >= 0.3 is 6.18 Å². The van der Waals surface area contributed by atoms with Crippen LogP contribution >= 0.6 is 23.4 Å². The summed E-state index contributed by atoms with van der Waals surface area (Å²) in [6.45, 7) is -0.00621. The number of hydrogen-bond donors (Lipinski definition) is 0. The maximum Gasteiger partial charge on any atom is 0.417 e. The molecule has 1 aliphatic heterocycles. The van der Waals surface area contributed by atoms with E-state index in [4.69, 9.17) is 20.8 Å². The first-order valence-corrected chi connectivity index (χ1v) is 10.9. The van der Waals surface area contributed by atoms with Crippen LogP contribution in [0, 0.1) is 5.82 Å². The van der Waals surface area contributed by atoms with E-state index in [2.05, 4.69) is 0 Å². The van der Waals surface area contributed by atoms with Gasteiger partial charge < -0.3 is 9.15 Å². The number of imide groups is 1. The molecule has 0 aliphatic carbocycles. The van der Waals surface area contributed by atoms with Crippen molar-refractivity contribution in [2.45, 2.75) is 6.18 Å². The van der Waals surface area contributed by atoms with Gasteiger partial charge in [0, 0.05) is 11.6 Å². The molecule has 2 aromatic carbocycles. The van der Waals surface area contributed by atoms with Crippen molar-refractivity contribution in [2.75, 3.05) is 13.2 Å². The molecule has 0 atom stereocenters. The van der Waals surface area contributed by atoms with E-state index in [1.54, 1.807) is 0 Å². The third-order valence-corrected chi connectivity index (χ3v) is 5.96. The van der Waals surface area contributed by atoms with E-state index >= 15 is 0 Å². The van der Waals surface area contributed by atoms with Gasteiger partial charge in [-0.15, -0.1) is 0 Å². The van der Waals surface area contributed by atoms with E-state index < -0.39 is 33.7 Å². The Balaban J connectivity index is 1.44. The van der Waals surface area contributed by atoms with Gasteiger partial charge in [0.2, 0.25) is 0 Å². The van der Waals surface area contributed by atoms with Crippen molar-refractivity contribution < 1.29 is 36.3 Å². The summed E-state index contributed by atoms with van der Waals surface area (Å²) in [6.07, 6.45) is -3.28. The van der Waals surface area contributed by atoms with Gasteiger partial charge in [-0.25, -0.2) is 4.39 Å². The third-order valence-electron chi connectivity index (χ3n) is 4.73. The fraction of sp³-hybridized carbons (Fsp3) is 0.130. The molecule has 0 N–H and O–H groups in total. The third kappa shape index (κ3) is 5.28. The lowest BCUT2D eigenvalue weighted by molar-refractivity contribution is -0.137. The van der Waals surface area contributed by atoms with E-state index in [1.165, 1.54) is 48.5 Å². The van der Waals surface area contributed by atoms with Gasteiger partial charge in [-0.05, 0) is 66.4 Å². The number of halogens is 5. The molecule has 34 heavy (non-hydrogen) atoms. The zero-order valence-corrected chi connectivity index (χ0v) is 18.6. The van der Waals surface area contributed by atoms with Crippen molar-refractivity contribution in [3.8, 4) is 17.1 Å². The van der Waals surface area contributed by atoms with Gasteiger partial charge in [-0.2, -0.15) is 13.2 Å². The summed E-state index contributed by atoms with van der Waals surface area (Å²) >= 11 is 6.35. The number of hydrogen-bond acceptors (Lipinski definition) is 5. The number of ether oxygens (including phenoxy) is 1. The Morgan fingerprint density at radius 1 is 1.06 bits per heavy atom. The van der Waals surface area contributed by atoms with Gasteiger partial charge in [0.25, 0.3) is 11.1 Å². The number of carbonyl (C=O) groups excluding carboxylic acids is 2. The van der Waals surface area contributed by atoms with Crippen molar-refractivity contribution >= 4 is 40.6 Å². The highest BCUT2D eigenvalue weighted by Crippen LogP contribution is 2.38. The van der Waals surface area contributed by atoms with Crippen LogP contribution in [0.3, 0.4) is 0 Å². The van der Waals surface area contributed by atoms with Gasteiger partial charge in [-0.3, -0.25) is 14.5 Å². The molecule has 2 amide bonds. The number of alkyl halides is 3. The first kappa shape index (κ1) is 23.9. The highest BCUT2D eigenvalue weighted by Gasteiger charge is 2.35. The average Bonchev–Trinajstić information content (AvgIpc) is 3.34. The van der Waals surface area contributed by atoms with E-state index in [-0.39, 0.29) is 35.1 Å². The Hall–Kier alpha value is -3.24. The predicted octanol–water partition coefficient (Wildman–Crippen LogP) is 6.87. The first-order chi connectivity index (χ1) is 16.1. The lowest BCUT2D eigenvalue weighted by atomic mass is 10.1. The minimum atomic E-state index is -4.62. The molecular formula is C23H14ClF4NO4S. The van der Waals surface area contributed by atoms with E-state index in [0.717, 1.165) is 17.0 Å². The molecule has 3 aromatic rings. The molecule has 0 bridgehead atoms. The van der Waals surface area contributed by atoms with Gasteiger partial charge in [0.1, 0.15) is 29.7 Å². The average molecular weight is 512 g/mol. The van der Waals surface area contributed by atoms with E-state index in [0.29, 0.717) is 17.5 Å². The quantitative estimate of drug-likeness (QED) is 0.267. The molecule has 1 aromatic heterocycles. The minimum Gasteiger partial charge on any atom is -0.492 e. The largest absolute Gasteiger partial charge is 0.492 e. The molecule has 1 saturated heterocycles. The minimum absolute atomic E-state index is 0.0138. The molecule has 0 radical (unpaired) electrons. The van der Waals surface area contributed by atoms with Crippen LogP contribution in [0.1, 0.15) is 11.3 Å². The van der Waals surface area contributed by atoms with Crippen LogP contribution in [0.4, 0.5) is 22.4 Å². The van der Waals surface area contributed by atoms with Gasteiger partial charge in [0.15, 0.2) is 0 Å². The molecule has 1 fully saturated rings. The van der Waals surface area contributed by atoms with Gasteiger partial charge in [0.05, 0.1) is 22.0 Å². The second-order valence-electron chi connectivity index (χ2n) is 7.03. The summed E-state index contributed by atoms with van der Waals surface area (Å²) in [5.41, 5.74) is -0.837. The van der Waals surface area contributed by atoms with Crippen molar-refractivity contribution in [1.82, 2.24) is 4.90 Å². The Bertz CT molecular complexity index is 1270. The van der Waals surface area contributed by atoms with Crippen LogP contribution in [0.2, 0.25) is 5.02 Å². The summed E-state index contributed by atoms with van der Waals surface area (Å²) < 4.78 is 63.3. The maximum atomic E-state index is 13.1. The monoisotopic (exact) mass is 511 g/mol. The van der Waals surface area contributed by atoms with E-state index in [9.17, 15) is 27.2 Å². The Morgan fingerprint density at radius 3 is 2.50 bits per heavy atom. The smallest absolute Gasteiger partial charge is 0.417 e. The summed E-state index contributed by atoms with van der Waals surface area (Å²) in [7, 11) is 0. The number of rotatable bonds is 6. The van der Waals surface area contributed by atoms with Crippen molar-refractivity contribution in [3.05, 3.63) is 81.7 Å². The molecule has 1 aliphatic rings. The van der Waals surface area contributed by atoms with Crippen LogP contribution < -0.4 is 4.74 Å². The number of benzene rings is 2. The lowest BCUT2D eigenvalue weighted by Crippen LogP contribution is -2.32. The first-order valence-electron chi connectivity index (χ1n) is 9.72. The zero-order chi connectivity index (χ0) is 24.5. The predicted molar refractivity (Wildman–Crippen MR) is 119 cm³/mol. The molecule has 5 nitrogen and oxygen atoms in total. The number of amides is 2. The topological polar surface area (TPSA) is 59.8 Å². The molecule has 11 heteroatoms. The second-order valence-corrected chi connectivity index (χ2v) is 8.43. The van der Waals surface area contributed by atoms with E-state index in [1.807, 2.05) is 0 Å². The summed E-state index contributed by atoms with van der Waals surface area (Å²) in [5.74, 6) is -0.252. The second kappa shape index (κ2) is 9.55. The van der Waals surface area contributed by atoms with Crippen LogP contribution in [0.5, 0.6) is 5.75 Å². The normalized spacial score (nSPS) is 15.4. The summed E-state index contributed by atoms with van der Waals surface area (Å²) in [4.78, 5) is 25.9. The summed E-state index contributed by atoms with van der Waals surface area (Å²) in [6, 6.07) is 11.6. The van der Waals surface area contributed by atoms with Crippen molar-refractivity contribution in [1.29, 1.82) is 0 Å². The molecule has 0 spiro atoms. The number of nitrogens with zero attached hydrogens (tertiary/aromatic N) is 1. The van der Waals surface area contributed by atoms with Crippen LogP contribution in [0.25, 0.3) is 17.4 Å². The highest BCUT2D eigenvalue weighted by molar-refractivity contribution is 8.18. The lowest BCUT2D eigenvalue weighted by Gasteiger charge is -2.13. The van der Waals surface area contributed by atoms with Crippen LogP contribution in [-0.4, -0.2) is 29.2 Å².